The Bertz CT molecular complexity index is 795. The number of rotatable bonds is 3. The van der Waals surface area contributed by atoms with Gasteiger partial charge in [0, 0.05) is 12.0 Å². The number of fused-ring (bicyclic) bond motifs is 1. The maximum atomic E-state index is 13.9. The first-order chi connectivity index (χ1) is 11.4. The number of aryl methyl sites for hydroxylation is 1. The summed E-state index contributed by atoms with van der Waals surface area (Å²) in [5, 5.41) is 5.97. The minimum atomic E-state index is -4.60. The quantitative estimate of drug-likeness (QED) is 0.930. The molecule has 4 nitrogen and oxygen atoms in total. The smallest absolute Gasteiger partial charge is 0.351 e. The number of aromatic nitrogens is 1. The third kappa shape index (κ3) is 2.30. The van der Waals surface area contributed by atoms with E-state index in [1.54, 1.807) is 18.2 Å². The predicted molar refractivity (Wildman–Crippen MR) is 78.4 cm³/mol. The average molecular weight is 336 g/mol. The minimum absolute atomic E-state index is 0.104. The predicted octanol–water partition coefficient (Wildman–Crippen LogP) is 3.69. The number of alkyl halides is 3. The van der Waals surface area contributed by atoms with E-state index in [0.717, 1.165) is 12.8 Å². The molecule has 7 heteroatoms. The lowest BCUT2D eigenvalue weighted by molar-refractivity contribution is -0.197. The van der Waals surface area contributed by atoms with Gasteiger partial charge in [0.25, 0.3) is 5.91 Å². The van der Waals surface area contributed by atoms with Gasteiger partial charge < -0.3 is 9.84 Å². The molecule has 1 unspecified atom stereocenters. The third-order valence-electron chi connectivity index (χ3n) is 4.81. The topological polar surface area (TPSA) is 55.1 Å². The average Bonchev–Trinajstić information content (AvgIpc) is 3.14. The van der Waals surface area contributed by atoms with Gasteiger partial charge in [-0.15, -0.1) is 0 Å². The van der Waals surface area contributed by atoms with Crippen LogP contribution in [0.15, 0.2) is 34.9 Å². The van der Waals surface area contributed by atoms with Crippen LogP contribution in [0.4, 0.5) is 13.2 Å². The molecule has 1 aromatic heterocycles. The van der Waals surface area contributed by atoms with Crippen LogP contribution in [0.5, 0.6) is 0 Å². The molecule has 1 fully saturated rings. The highest BCUT2D eigenvalue weighted by Gasteiger charge is 2.59. The van der Waals surface area contributed by atoms with Gasteiger partial charge in [-0.3, -0.25) is 4.79 Å². The molecule has 1 atom stereocenters. The van der Waals surface area contributed by atoms with E-state index in [-0.39, 0.29) is 30.1 Å². The molecular formula is C17H15F3N2O2. The van der Waals surface area contributed by atoms with Gasteiger partial charge in [0.05, 0.1) is 5.69 Å². The molecule has 2 aliphatic carbocycles. The fourth-order valence-corrected chi connectivity index (χ4v) is 3.33. The summed E-state index contributed by atoms with van der Waals surface area (Å²) in [7, 11) is 0. The molecule has 0 aliphatic heterocycles. The number of carbonyl (C=O) groups is 1. The van der Waals surface area contributed by atoms with Gasteiger partial charge in [-0.25, -0.2) is 0 Å². The summed E-state index contributed by atoms with van der Waals surface area (Å²) in [5.41, 5.74) is -1.04. The van der Waals surface area contributed by atoms with Gasteiger partial charge in [-0.2, -0.15) is 13.2 Å². The lowest BCUT2D eigenvalue weighted by Crippen LogP contribution is -2.54. The Morgan fingerprint density at radius 1 is 1.29 bits per heavy atom. The second kappa shape index (κ2) is 5.09. The summed E-state index contributed by atoms with van der Waals surface area (Å²) < 4.78 is 46.5. The van der Waals surface area contributed by atoms with Crippen molar-refractivity contribution in [1.29, 1.82) is 0 Å². The van der Waals surface area contributed by atoms with E-state index >= 15 is 0 Å². The van der Waals surface area contributed by atoms with Gasteiger partial charge in [0.1, 0.15) is 0 Å². The Morgan fingerprint density at radius 2 is 2.04 bits per heavy atom. The molecule has 4 rings (SSSR count). The van der Waals surface area contributed by atoms with E-state index < -0.39 is 17.6 Å². The van der Waals surface area contributed by atoms with Crippen LogP contribution in [0, 0.1) is 0 Å². The maximum Gasteiger partial charge on any atom is 0.415 e. The lowest BCUT2D eigenvalue weighted by Gasteiger charge is -2.33. The monoisotopic (exact) mass is 336 g/mol. The molecule has 24 heavy (non-hydrogen) atoms. The molecule has 1 heterocycles. The van der Waals surface area contributed by atoms with Crippen molar-refractivity contribution in [2.45, 2.75) is 43.3 Å². The highest BCUT2D eigenvalue weighted by Crippen LogP contribution is 2.48. The van der Waals surface area contributed by atoms with Gasteiger partial charge in [-0.05, 0) is 36.8 Å². The van der Waals surface area contributed by atoms with Crippen molar-refractivity contribution in [3.63, 3.8) is 0 Å². The Balaban J connectivity index is 1.67. The van der Waals surface area contributed by atoms with Crippen molar-refractivity contribution in [3.05, 3.63) is 52.9 Å². The molecule has 1 saturated carbocycles. The molecule has 0 bridgehead atoms. The normalized spacial score (nSPS) is 23.1. The summed E-state index contributed by atoms with van der Waals surface area (Å²) in [4.78, 5) is 12.4. The highest BCUT2D eigenvalue weighted by atomic mass is 19.4. The molecule has 1 amide bonds. The van der Waals surface area contributed by atoms with E-state index in [9.17, 15) is 18.0 Å². The fourth-order valence-electron chi connectivity index (χ4n) is 3.33. The largest absolute Gasteiger partial charge is 0.415 e. The first-order valence-electron chi connectivity index (χ1n) is 7.85. The van der Waals surface area contributed by atoms with Crippen LogP contribution in [0.3, 0.4) is 0 Å². The number of hydrogen-bond acceptors (Lipinski definition) is 3. The first kappa shape index (κ1) is 15.2. The number of amides is 1. The number of benzene rings is 1. The minimum Gasteiger partial charge on any atom is -0.351 e. The second-order valence-corrected chi connectivity index (χ2v) is 6.40. The van der Waals surface area contributed by atoms with Gasteiger partial charge in [-0.1, -0.05) is 29.4 Å². The molecule has 1 N–H and O–H groups in total. The summed E-state index contributed by atoms with van der Waals surface area (Å²) in [6.07, 6.45) is -2.62. The molecule has 2 aliphatic rings. The molecular weight excluding hydrogens is 321 g/mol. The van der Waals surface area contributed by atoms with Crippen molar-refractivity contribution >= 4 is 5.91 Å². The van der Waals surface area contributed by atoms with E-state index in [2.05, 4.69) is 10.5 Å². The van der Waals surface area contributed by atoms with Crippen LogP contribution in [0.25, 0.3) is 0 Å². The zero-order valence-electron chi connectivity index (χ0n) is 12.7. The first-order valence-corrected chi connectivity index (χ1v) is 7.85. The lowest BCUT2D eigenvalue weighted by atomic mass is 9.90. The number of hydrogen-bond donors (Lipinski definition) is 1. The van der Waals surface area contributed by atoms with Crippen LogP contribution in [-0.4, -0.2) is 17.2 Å². The Labute approximate surface area is 136 Å². The molecule has 0 saturated heterocycles. The molecule has 0 spiro atoms. The van der Waals surface area contributed by atoms with Crippen molar-refractivity contribution < 1.29 is 22.5 Å². The number of nitrogens with one attached hydrogen (secondary N) is 1. The van der Waals surface area contributed by atoms with Crippen LogP contribution >= 0.6 is 0 Å². The summed E-state index contributed by atoms with van der Waals surface area (Å²) >= 11 is 0. The van der Waals surface area contributed by atoms with Crippen molar-refractivity contribution in [3.8, 4) is 0 Å². The van der Waals surface area contributed by atoms with Crippen LogP contribution in [-0.2, 0) is 12.0 Å². The van der Waals surface area contributed by atoms with E-state index in [4.69, 9.17) is 4.52 Å². The molecule has 126 valence electrons. The zero-order valence-corrected chi connectivity index (χ0v) is 12.7. The van der Waals surface area contributed by atoms with Crippen LogP contribution in [0.2, 0.25) is 0 Å². The molecule has 2 aromatic rings. The second-order valence-electron chi connectivity index (χ2n) is 6.40. The highest BCUT2D eigenvalue weighted by molar-refractivity contribution is 5.92. The number of nitrogens with zero attached hydrogens (tertiary/aromatic N) is 1. The third-order valence-corrected chi connectivity index (χ3v) is 4.81. The van der Waals surface area contributed by atoms with Gasteiger partial charge in [0.2, 0.25) is 5.76 Å². The van der Waals surface area contributed by atoms with Crippen molar-refractivity contribution in [2.75, 3.05) is 0 Å². The summed E-state index contributed by atoms with van der Waals surface area (Å²) in [6.45, 7) is 0. The van der Waals surface area contributed by atoms with E-state index in [0.29, 0.717) is 11.3 Å². The Hall–Kier alpha value is -2.31. The fraction of sp³-hybridized carbons (Fsp3) is 0.412. The van der Waals surface area contributed by atoms with E-state index in [1.807, 2.05) is 0 Å². The number of halogens is 3. The Morgan fingerprint density at radius 3 is 2.75 bits per heavy atom. The van der Waals surface area contributed by atoms with Gasteiger partial charge in [0.15, 0.2) is 5.54 Å². The van der Waals surface area contributed by atoms with Crippen molar-refractivity contribution in [2.24, 2.45) is 0 Å². The standard InChI is InChI=1S/C17H15F3N2O2/c18-17(19,20)16(8-7-10-3-1-2-4-12(10)16)21-15(23)14-9-13(22-24-14)11-5-6-11/h1-4,9,11H,5-8H2,(H,21,23). The zero-order chi connectivity index (χ0) is 16.9. The molecule has 1 aromatic carbocycles. The van der Waals surface area contributed by atoms with Crippen molar-refractivity contribution in [1.82, 2.24) is 10.5 Å². The summed E-state index contributed by atoms with van der Waals surface area (Å²) in [6, 6.07) is 7.78. The Kier molecular flexibility index (Phi) is 3.23. The van der Waals surface area contributed by atoms with Crippen LogP contribution in [0.1, 0.15) is 52.6 Å². The summed E-state index contributed by atoms with van der Waals surface area (Å²) in [5.74, 6) is -0.799. The number of carbonyl (C=O) groups excluding carboxylic acids is 1. The van der Waals surface area contributed by atoms with Gasteiger partial charge >= 0.3 is 6.18 Å². The SMILES string of the molecule is O=C(NC1(C(F)(F)F)CCc2ccccc21)c1cc(C2CC2)no1. The van der Waals surface area contributed by atoms with E-state index in [1.165, 1.54) is 12.1 Å². The molecule has 0 radical (unpaired) electrons. The maximum absolute atomic E-state index is 13.9. The van der Waals surface area contributed by atoms with Crippen LogP contribution < -0.4 is 5.32 Å².